The standard InChI is InChI=1S/C20H22BrNO4/c1-4-6-11-22-12(3)15(20(25)26-5-2)16-17(21)19(24)14-10-8-7-9-13(14)18(16)23/h7-10,22H,4-6,11H2,1-3H3/b15-12+. The Bertz CT molecular complexity index is 808. The van der Waals surface area contributed by atoms with Crippen LogP contribution < -0.4 is 5.32 Å². The molecule has 1 aromatic rings. The number of ketones is 2. The van der Waals surface area contributed by atoms with Gasteiger partial charge < -0.3 is 10.1 Å². The number of ether oxygens (including phenoxy) is 1. The van der Waals surface area contributed by atoms with Gasteiger partial charge in [0, 0.05) is 23.4 Å². The molecule has 6 heteroatoms. The fourth-order valence-electron chi connectivity index (χ4n) is 2.76. The Morgan fingerprint density at radius 2 is 1.73 bits per heavy atom. The second kappa shape index (κ2) is 8.94. The second-order valence-electron chi connectivity index (χ2n) is 5.89. The summed E-state index contributed by atoms with van der Waals surface area (Å²) >= 11 is 3.24. The Morgan fingerprint density at radius 3 is 2.31 bits per heavy atom. The topological polar surface area (TPSA) is 72.5 Å². The lowest BCUT2D eigenvalue weighted by Crippen LogP contribution is -2.27. The zero-order valence-corrected chi connectivity index (χ0v) is 16.7. The second-order valence-corrected chi connectivity index (χ2v) is 6.69. The lowest BCUT2D eigenvalue weighted by Gasteiger charge is -2.21. The number of carbonyl (C=O) groups is 3. The summed E-state index contributed by atoms with van der Waals surface area (Å²) in [7, 11) is 0. The molecule has 0 saturated carbocycles. The van der Waals surface area contributed by atoms with Gasteiger partial charge in [0.05, 0.1) is 22.2 Å². The smallest absolute Gasteiger partial charge is 0.340 e. The van der Waals surface area contributed by atoms with Crippen LogP contribution in [-0.4, -0.2) is 30.7 Å². The normalized spacial score (nSPS) is 14.8. The van der Waals surface area contributed by atoms with Crippen LogP contribution in [-0.2, 0) is 9.53 Å². The van der Waals surface area contributed by atoms with Crippen LogP contribution in [0.5, 0.6) is 0 Å². The third-order valence-electron chi connectivity index (χ3n) is 4.09. The molecule has 0 unspecified atom stereocenters. The molecule has 1 aliphatic rings. The number of Topliss-reactive ketones (excluding diaryl/α,β-unsaturated/α-hetero) is 2. The van der Waals surface area contributed by atoms with Crippen molar-refractivity contribution in [3.63, 3.8) is 0 Å². The lowest BCUT2D eigenvalue weighted by molar-refractivity contribution is -0.138. The summed E-state index contributed by atoms with van der Waals surface area (Å²) in [6.07, 6.45) is 1.91. The van der Waals surface area contributed by atoms with E-state index in [0.717, 1.165) is 12.8 Å². The van der Waals surface area contributed by atoms with Gasteiger partial charge in [-0.15, -0.1) is 0 Å². The molecule has 0 radical (unpaired) electrons. The summed E-state index contributed by atoms with van der Waals surface area (Å²) in [6, 6.07) is 6.60. The zero-order chi connectivity index (χ0) is 19.3. The molecule has 0 saturated heterocycles. The summed E-state index contributed by atoms with van der Waals surface area (Å²) in [5, 5.41) is 3.16. The SMILES string of the molecule is CCCCN/C(C)=C(/C(=O)OCC)C1=C(Br)C(=O)c2ccccc2C1=O. The van der Waals surface area contributed by atoms with Crippen molar-refractivity contribution in [2.45, 2.75) is 33.6 Å². The van der Waals surface area contributed by atoms with Gasteiger partial charge in [-0.25, -0.2) is 4.79 Å². The third kappa shape index (κ3) is 3.96. The molecule has 1 N–H and O–H groups in total. The lowest BCUT2D eigenvalue weighted by atomic mass is 9.85. The summed E-state index contributed by atoms with van der Waals surface area (Å²) in [5.41, 5.74) is 1.28. The highest BCUT2D eigenvalue weighted by molar-refractivity contribution is 9.12. The Kier molecular flexibility index (Phi) is 6.91. The molecule has 0 fully saturated rings. The van der Waals surface area contributed by atoms with Crippen LogP contribution >= 0.6 is 15.9 Å². The van der Waals surface area contributed by atoms with E-state index in [0.29, 0.717) is 23.4 Å². The Morgan fingerprint density at radius 1 is 1.12 bits per heavy atom. The van der Waals surface area contributed by atoms with Crippen LogP contribution in [0, 0.1) is 0 Å². The number of unbranched alkanes of at least 4 members (excludes halogenated alkanes) is 1. The minimum absolute atomic E-state index is 0.0497. The van der Waals surface area contributed by atoms with Gasteiger partial charge >= 0.3 is 5.97 Å². The molecule has 5 nitrogen and oxygen atoms in total. The largest absolute Gasteiger partial charge is 0.462 e. The molecule has 0 bridgehead atoms. The highest BCUT2D eigenvalue weighted by Crippen LogP contribution is 2.34. The Balaban J connectivity index is 2.58. The van der Waals surface area contributed by atoms with Crippen LogP contribution in [0.1, 0.15) is 54.3 Å². The maximum absolute atomic E-state index is 13.0. The van der Waals surface area contributed by atoms with Crippen LogP contribution in [0.4, 0.5) is 0 Å². The van der Waals surface area contributed by atoms with Gasteiger partial charge in [0.1, 0.15) is 0 Å². The molecule has 0 spiro atoms. The number of esters is 1. The summed E-state index contributed by atoms with van der Waals surface area (Å²) < 4.78 is 5.23. The van der Waals surface area contributed by atoms with E-state index in [1.165, 1.54) is 0 Å². The van der Waals surface area contributed by atoms with E-state index in [-0.39, 0.29) is 33.8 Å². The molecule has 0 aromatic heterocycles. The molecule has 0 atom stereocenters. The maximum Gasteiger partial charge on any atom is 0.340 e. The predicted octanol–water partition coefficient (Wildman–Crippen LogP) is 3.94. The van der Waals surface area contributed by atoms with Gasteiger partial charge in [0.25, 0.3) is 0 Å². The van der Waals surface area contributed by atoms with E-state index in [4.69, 9.17) is 4.74 Å². The monoisotopic (exact) mass is 419 g/mol. The molecule has 0 aliphatic heterocycles. The van der Waals surface area contributed by atoms with Crippen molar-refractivity contribution >= 4 is 33.5 Å². The predicted molar refractivity (Wildman–Crippen MR) is 103 cm³/mol. The highest BCUT2D eigenvalue weighted by atomic mass is 79.9. The number of hydrogen-bond donors (Lipinski definition) is 1. The first-order valence-electron chi connectivity index (χ1n) is 8.64. The number of rotatable bonds is 7. The molecule has 138 valence electrons. The first kappa shape index (κ1) is 20.1. The van der Waals surface area contributed by atoms with Crippen molar-refractivity contribution in [2.75, 3.05) is 13.2 Å². The van der Waals surface area contributed by atoms with E-state index in [1.807, 2.05) is 0 Å². The molecule has 0 heterocycles. The average molecular weight is 420 g/mol. The number of halogens is 1. The van der Waals surface area contributed by atoms with E-state index in [2.05, 4.69) is 28.2 Å². The van der Waals surface area contributed by atoms with Gasteiger partial charge in [0.2, 0.25) is 5.78 Å². The number of carbonyl (C=O) groups excluding carboxylic acids is 3. The van der Waals surface area contributed by atoms with Gasteiger partial charge in [-0.05, 0) is 36.2 Å². The number of hydrogen-bond acceptors (Lipinski definition) is 5. The van der Waals surface area contributed by atoms with Crippen molar-refractivity contribution in [1.82, 2.24) is 5.32 Å². The van der Waals surface area contributed by atoms with Crippen molar-refractivity contribution < 1.29 is 19.1 Å². The molecular weight excluding hydrogens is 398 g/mol. The van der Waals surface area contributed by atoms with Crippen LogP contribution in [0.2, 0.25) is 0 Å². The average Bonchev–Trinajstić information content (AvgIpc) is 2.63. The van der Waals surface area contributed by atoms with E-state index in [1.54, 1.807) is 38.1 Å². The van der Waals surface area contributed by atoms with Gasteiger partial charge in [-0.1, -0.05) is 37.6 Å². The Labute approximate surface area is 161 Å². The summed E-state index contributed by atoms with van der Waals surface area (Å²) in [4.78, 5) is 38.3. The summed E-state index contributed by atoms with van der Waals surface area (Å²) in [6.45, 7) is 6.31. The summed E-state index contributed by atoms with van der Waals surface area (Å²) in [5.74, 6) is -1.31. The van der Waals surface area contributed by atoms with E-state index < -0.39 is 5.97 Å². The maximum atomic E-state index is 13.0. The molecule has 2 rings (SSSR count). The Hall–Kier alpha value is -2.21. The van der Waals surface area contributed by atoms with Gasteiger partial charge in [-0.2, -0.15) is 0 Å². The van der Waals surface area contributed by atoms with Gasteiger partial charge in [-0.3, -0.25) is 9.59 Å². The molecule has 1 aromatic carbocycles. The first-order chi connectivity index (χ1) is 12.4. The number of allylic oxidation sites excluding steroid dienone is 2. The van der Waals surface area contributed by atoms with Crippen molar-refractivity contribution in [3.8, 4) is 0 Å². The van der Waals surface area contributed by atoms with E-state index in [9.17, 15) is 14.4 Å². The van der Waals surface area contributed by atoms with Crippen molar-refractivity contribution in [1.29, 1.82) is 0 Å². The minimum Gasteiger partial charge on any atom is -0.462 e. The number of fused-ring (bicyclic) bond motifs is 1. The quantitative estimate of drug-likeness (QED) is 0.411. The third-order valence-corrected chi connectivity index (χ3v) is 4.84. The zero-order valence-electron chi connectivity index (χ0n) is 15.1. The molecule has 1 aliphatic carbocycles. The van der Waals surface area contributed by atoms with Crippen LogP contribution in [0.25, 0.3) is 0 Å². The highest BCUT2D eigenvalue weighted by Gasteiger charge is 2.36. The fourth-order valence-corrected chi connectivity index (χ4v) is 3.35. The first-order valence-corrected chi connectivity index (χ1v) is 9.43. The fraction of sp³-hybridized carbons (Fsp3) is 0.350. The van der Waals surface area contributed by atoms with Crippen LogP contribution in [0.3, 0.4) is 0 Å². The van der Waals surface area contributed by atoms with E-state index >= 15 is 0 Å². The van der Waals surface area contributed by atoms with Crippen molar-refractivity contribution in [3.05, 3.63) is 56.7 Å². The molecule has 0 amide bonds. The van der Waals surface area contributed by atoms with Crippen molar-refractivity contribution in [2.24, 2.45) is 0 Å². The number of nitrogens with one attached hydrogen (secondary N) is 1. The minimum atomic E-state index is -0.624. The molecule has 26 heavy (non-hydrogen) atoms. The van der Waals surface area contributed by atoms with Gasteiger partial charge in [0.15, 0.2) is 5.78 Å². The molecular formula is C20H22BrNO4. The number of benzene rings is 1. The van der Waals surface area contributed by atoms with Crippen LogP contribution in [0.15, 0.2) is 45.6 Å².